The maximum Gasteiger partial charge on any atom is 0.191 e. The van der Waals surface area contributed by atoms with Gasteiger partial charge >= 0.3 is 0 Å². The predicted octanol–water partition coefficient (Wildman–Crippen LogP) is 2.68. The number of hydrogen-bond donors (Lipinski definition) is 2. The van der Waals surface area contributed by atoms with Crippen molar-refractivity contribution in [1.82, 2.24) is 30.3 Å². The van der Waals surface area contributed by atoms with Gasteiger partial charge in [-0.25, -0.2) is 0 Å². The maximum absolute atomic E-state index is 6.12. The lowest BCUT2D eigenvalue weighted by molar-refractivity contribution is 0.00566. The molecule has 32 heavy (non-hydrogen) atoms. The Morgan fingerprint density at radius 3 is 2.59 bits per heavy atom. The molecule has 2 N–H and O–H groups in total. The molecule has 1 saturated heterocycles. The number of benzene rings is 1. The zero-order valence-electron chi connectivity index (χ0n) is 19.5. The molecule has 2 aromatic rings. The first-order chi connectivity index (χ1) is 15.8. The van der Waals surface area contributed by atoms with Gasteiger partial charge < -0.3 is 19.9 Å². The number of ether oxygens (including phenoxy) is 1. The van der Waals surface area contributed by atoms with E-state index in [1.165, 1.54) is 5.56 Å². The van der Waals surface area contributed by atoms with Gasteiger partial charge in [0.2, 0.25) is 0 Å². The lowest BCUT2D eigenvalue weighted by atomic mass is 10.1. The van der Waals surface area contributed by atoms with Crippen molar-refractivity contribution in [3.8, 4) is 0 Å². The number of hydrogen-bond acceptors (Lipinski definition) is 5. The molecule has 1 fully saturated rings. The normalized spacial score (nSPS) is 15.7. The summed E-state index contributed by atoms with van der Waals surface area (Å²) in [5, 5.41) is 14.4. The molecule has 1 aliphatic rings. The van der Waals surface area contributed by atoms with Gasteiger partial charge in [0.1, 0.15) is 12.7 Å². The van der Waals surface area contributed by atoms with Crippen LogP contribution in [0.25, 0.3) is 0 Å². The third-order valence-electron chi connectivity index (χ3n) is 5.66. The van der Waals surface area contributed by atoms with Crippen molar-refractivity contribution in [3.05, 3.63) is 48.5 Å². The highest BCUT2D eigenvalue weighted by atomic mass is 16.5. The average Bonchev–Trinajstić information content (AvgIpc) is 3.34. The van der Waals surface area contributed by atoms with Crippen molar-refractivity contribution >= 4 is 5.96 Å². The van der Waals surface area contributed by atoms with Crippen LogP contribution in [0.15, 0.2) is 48.0 Å². The van der Waals surface area contributed by atoms with E-state index in [0.29, 0.717) is 6.10 Å². The number of rotatable bonds is 13. The minimum absolute atomic E-state index is 0.392. The van der Waals surface area contributed by atoms with Crippen molar-refractivity contribution in [1.29, 1.82) is 0 Å². The van der Waals surface area contributed by atoms with E-state index >= 15 is 0 Å². The highest BCUT2D eigenvalue weighted by Gasteiger charge is 2.19. The molecule has 1 aromatic carbocycles. The highest BCUT2D eigenvalue weighted by molar-refractivity contribution is 5.79. The first kappa shape index (κ1) is 24.2. The Hall–Kier alpha value is -2.45. The molecule has 1 aliphatic heterocycles. The lowest BCUT2D eigenvalue weighted by Crippen LogP contribution is -2.38. The Balaban J connectivity index is 1.22. The largest absolute Gasteiger partial charge is 0.378 e. The van der Waals surface area contributed by atoms with E-state index in [2.05, 4.69) is 68.0 Å². The summed E-state index contributed by atoms with van der Waals surface area (Å²) in [6.45, 7) is 9.66. The van der Waals surface area contributed by atoms with Gasteiger partial charge in [-0.05, 0) is 44.6 Å². The summed E-state index contributed by atoms with van der Waals surface area (Å²) in [7, 11) is 0. The standard InChI is InChI=1S/C24H39N7O/c1-2-25-24(26-13-6-7-15-31-20-28-29-21-31)27-14-8-18-32-23-11-16-30(17-12-23)19-22-9-4-3-5-10-22/h3-5,9-10,20-21,23H,2,6-8,11-19H2,1H3,(H2,25,26,27). The molecule has 1 aromatic heterocycles. The van der Waals surface area contributed by atoms with Gasteiger partial charge in [-0.1, -0.05) is 30.3 Å². The molecule has 0 amide bonds. The molecule has 0 aliphatic carbocycles. The molecule has 0 spiro atoms. The van der Waals surface area contributed by atoms with E-state index in [0.717, 1.165) is 90.5 Å². The molecule has 0 atom stereocenters. The third-order valence-corrected chi connectivity index (χ3v) is 5.66. The first-order valence-electron chi connectivity index (χ1n) is 12.1. The quantitative estimate of drug-likeness (QED) is 0.283. The maximum atomic E-state index is 6.12. The van der Waals surface area contributed by atoms with Gasteiger partial charge in [-0.15, -0.1) is 10.2 Å². The van der Waals surface area contributed by atoms with E-state index in [4.69, 9.17) is 4.74 Å². The number of nitrogens with zero attached hydrogens (tertiary/aromatic N) is 5. The summed E-state index contributed by atoms with van der Waals surface area (Å²) in [5.41, 5.74) is 1.39. The molecule has 0 radical (unpaired) electrons. The zero-order valence-corrected chi connectivity index (χ0v) is 19.5. The smallest absolute Gasteiger partial charge is 0.191 e. The Morgan fingerprint density at radius 2 is 1.84 bits per heavy atom. The summed E-state index contributed by atoms with van der Waals surface area (Å²) < 4.78 is 8.13. The monoisotopic (exact) mass is 441 g/mol. The Bertz CT molecular complexity index is 743. The van der Waals surface area contributed by atoms with Crippen LogP contribution in [0.2, 0.25) is 0 Å². The third kappa shape index (κ3) is 9.36. The van der Waals surface area contributed by atoms with Crippen LogP contribution < -0.4 is 10.6 Å². The fourth-order valence-electron chi connectivity index (χ4n) is 3.89. The Morgan fingerprint density at radius 1 is 1.06 bits per heavy atom. The van der Waals surface area contributed by atoms with Gasteiger partial charge in [-0.2, -0.15) is 0 Å². The summed E-state index contributed by atoms with van der Waals surface area (Å²) in [6.07, 6.45) is 9.27. The fraction of sp³-hybridized carbons (Fsp3) is 0.625. The molecular weight excluding hydrogens is 402 g/mol. The molecule has 0 saturated carbocycles. The van der Waals surface area contributed by atoms with Crippen molar-refractivity contribution in [2.24, 2.45) is 4.99 Å². The molecule has 0 unspecified atom stereocenters. The molecule has 3 rings (SSSR count). The van der Waals surface area contributed by atoms with Crippen LogP contribution in [-0.4, -0.2) is 71.1 Å². The van der Waals surface area contributed by atoms with Crippen LogP contribution in [-0.2, 0) is 17.8 Å². The van der Waals surface area contributed by atoms with Crippen molar-refractivity contribution < 1.29 is 4.74 Å². The van der Waals surface area contributed by atoms with Gasteiger partial charge in [0.25, 0.3) is 0 Å². The second-order valence-electron chi connectivity index (χ2n) is 8.28. The van der Waals surface area contributed by atoms with Crippen LogP contribution in [0.1, 0.15) is 44.6 Å². The summed E-state index contributed by atoms with van der Waals surface area (Å²) in [6, 6.07) is 10.7. The average molecular weight is 442 g/mol. The molecule has 8 heteroatoms. The van der Waals surface area contributed by atoms with Gasteiger partial charge in [0, 0.05) is 52.4 Å². The molecule has 8 nitrogen and oxygen atoms in total. The van der Waals surface area contributed by atoms with Crippen LogP contribution in [0.5, 0.6) is 0 Å². The molecule has 0 bridgehead atoms. The van der Waals surface area contributed by atoms with Crippen molar-refractivity contribution in [3.63, 3.8) is 0 Å². The van der Waals surface area contributed by atoms with E-state index in [1.54, 1.807) is 12.7 Å². The SMILES string of the molecule is CCNC(=NCCCOC1CCN(Cc2ccccc2)CC1)NCCCCn1cnnc1. The number of aryl methyl sites for hydroxylation is 1. The highest BCUT2D eigenvalue weighted by Crippen LogP contribution is 2.16. The summed E-state index contributed by atoms with van der Waals surface area (Å²) >= 11 is 0. The molecule has 176 valence electrons. The summed E-state index contributed by atoms with van der Waals surface area (Å²) in [5.74, 6) is 0.894. The topological polar surface area (TPSA) is 79.6 Å². The van der Waals surface area contributed by atoms with Crippen LogP contribution >= 0.6 is 0 Å². The number of aliphatic imine (C=N–C) groups is 1. The number of likely N-dealkylation sites (tertiary alicyclic amines) is 1. The van der Waals surface area contributed by atoms with Crippen LogP contribution in [0.3, 0.4) is 0 Å². The Kier molecular flexibility index (Phi) is 11.0. The number of piperidine rings is 1. The summed E-state index contributed by atoms with van der Waals surface area (Å²) in [4.78, 5) is 7.21. The minimum Gasteiger partial charge on any atom is -0.378 e. The minimum atomic E-state index is 0.392. The van der Waals surface area contributed by atoms with Crippen LogP contribution in [0, 0.1) is 0 Å². The van der Waals surface area contributed by atoms with E-state index in [9.17, 15) is 0 Å². The van der Waals surface area contributed by atoms with Gasteiger partial charge in [0.15, 0.2) is 5.96 Å². The first-order valence-corrected chi connectivity index (χ1v) is 12.1. The number of guanidine groups is 1. The van der Waals surface area contributed by atoms with Crippen LogP contribution in [0.4, 0.5) is 0 Å². The molecular formula is C24H39N7O. The van der Waals surface area contributed by atoms with E-state index < -0.39 is 0 Å². The van der Waals surface area contributed by atoms with Crippen molar-refractivity contribution in [2.75, 3.05) is 39.3 Å². The fourth-order valence-corrected chi connectivity index (χ4v) is 3.89. The number of aromatic nitrogens is 3. The van der Waals surface area contributed by atoms with Gasteiger partial charge in [-0.3, -0.25) is 9.89 Å². The van der Waals surface area contributed by atoms with E-state index in [-0.39, 0.29) is 0 Å². The Labute approximate surface area is 192 Å². The number of nitrogens with one attached hydrogen (secondary N) is 2. The zero-order chi connectivity index (χ0) is 22.3. The second kappa shape index (κ2) is 14.6. The second-order valence-corrected chi connectivity index (χ2v) is 8.28. The lowest BCUT2D eigenvalue weighted by Gasteiger charge is -2.31. The van der Waals surface area contributed by atoms with Gasteiger partial charge in [0.05, 0.1) is 6.10 Å². The predicted molar refractivity (Wildman–Crippen MR) is 129 cm³/mol. The molecule has 2 heterocycles. The van der Waals surface area contributed by atoms with Crippen molar-refractivity contribution in [2.45, 2.75) is 58.2 Å². The van der Waals surface area contributed by atoms with E-state index in [1.807, 2.05) is 4.57 Å². The number of unbranched alkanes of at least 4 members (excludes halogenated alkanes) is 1.